The van der Waals surface area contributed by atoms with Crippen LogP contribution in [0.1, 0.15) is 23.6 Å². The summed E-state index contributed by atoms with van der Waals surface area (Å²) in [5.74, 6) is -0.636. The van der Waals surface area contributed by atoms with Gasteiger partial charge in [-0.05, 0) is 42.3 Å². The molecule has 1 N–H and O–H groups in total. The summed E-state index contributed by atoms with van der Waals surface area (Å²) in [6.45, 7) is 1.57. The number of carbonyl (C=O) groups excluding carboxylic acids is 2. The van der Waals surface area contributed by atoms with Crippen LogP contribution in [0.4, 0.5) is 0 Å². The number of halogens is 1. The van der Waals surface area contributed by atoms with Crippen LogP contribution in [0.15, 0.2) is 48.0 Å². The zero-order chi connectivity index (χ0) is 22.0. The van der Waals surface area contributed by atoms with E-state index in [4.69, 9.17) is 25.8 Å². The zero-order valence-corrected chi connectivity index (χ0v) is 17.7. The zero-order valence-electron chi connectivity index (χ0n) is 17.0. The normalized spacial score (nSPS) is 19.7. The number of likely N-dealkylation sites (tertiary alicyclic amines) is 1. The number of fused-ring (bicyclic) bond motifs is 1. The van der Waals surface area contributed by atoms with Gasteiger partial charge in [0.2, 0.25) is 0 Å². The van der Waals surface area contributed by atoms with Gasteiger partial charge in [0.25, 0.3) is 11.7 Å². The third kappa shape index (κ3) is 4.11. The fourth-order valence-electron chi connectivity index (χ4n) is 3.86. The topological polar surface area (TPSA) is 85.3 Å². The molecule has 2 aliphatic heterocycles. The Morgan fingerprint density at radius 1 is 1.16 bits per heavy atom. The van der Waals surface area contributed by atoms with Gasteiger partial charge in [-0.2, -0.15) is 0 Å². The maximum atomic E-state index is 13.0. The van der Waals surface area contributed by atoms with E-state index >= 15 is 0 Å². The smallest absolute Gasteiger partial charge is 0.295 e. The molecule has 31 heavy (non-hydrogen) atoms. The molecule has 2 aromatic carbocycles. The highest BCUT2D eigenvalue weighted by Crippen LogP contribution is 2.41. The number of ketones is 1. The average Bonchev–Trinajstić information content (AvgIpc) is 3.03. The number of Topliss-reactive ketones (excluding diaryl/α,β-unsaturated/α-hetero) is 1. The molecule has 2 aliphatic rings. The molecule has 1 amide bonds. The summed E-state index contributed by atoms with van der Waals surface area (Å²) in [5.41, 5.74) is 1.02. The van der Waals surface area contributed by atoms with Crippen molar-refractivity contribution in [2.75, 3.05) is 33.5 Å². The highest BCUT2D eigenvalue weighted by atomic mass is 35.5. The lowest BCUT2D eigenvalue weighted by molar-refractivity contribution is -0.140. The molecule has 1 atom stereocenters. The van der Waals surface area contributed by atoms with E-state index in [0.717, 1.165) is 0 Å². The number of aliphatic hydroxyl groups is 1. The van der Waals surface area contributed by atoms with Gasteiger partial charge in [0.15, 0.2) is 11.5 Å². The number of amides is 1. The molecule has 8 heteroatoms. The van der Waals surface area contributed by atoms with Crippen LogP contribution in [0, 0.1) is 0 Å². The van der Waals surface area contributed by atoms with Crippen molar-refractivity contribution < 1.29 is 28.9 Å². The minimum Gasteiger partial charge on any atom is -0.507 e. The predicted octanol–water partition coefficient (Wildman–Crippen LogP) is 3.57. The first-order valence-corrected chi connectivity index (χ1v) is 10.3. The van der Waals surface area contributed by atoms with Gasteiger partial charge in [-0.3, -0.25) is 9.59 Å². The predicted molar refractivity (Wildman–Crippen MR) is 114 cm³/mol. The van der Waals surface area contributed by atoms with E-state index in [1.54, 1.807) is 49.6 Å². The van der Waals surface area contributed by atoms with Gasteiger partial charge in [0.05, 0.1) is 11.6 Å². The quantitative estimate of drug-likeness (QED) is 0.318. The molecule has 1 fully saturated rings. The molecule has 0 aromatic heterocycles. The number of hydrogen-bond donors (Lipinski definition) is 1. The average molecular weight is 444 g/mol. The lowest BCUT2D eigenvalue weighted by Crippen LogP contribution is -2.31. The molecular formula is C23H22ClNO6. The molecule has 0 radical (unpaired) electrons. The van der Waals surface area contributed by atoms with Crippen molar-refractivity contribution in [1.82, 2.24) is 4.90 Å². The van der Waals surface area contributed by atoms with Crippen LogP contribution in [-0.4, -0.2) is 55.2 Å². The second kappa shape index (κ2) is 8.99. The summed E-state index contributed by atoms with van der Waals surface area (Å²) in [6.07, 6.45) is 0.546. The van der Waals surface area contributed by atoms with E-state index in [2.05, 4.69) is 0 Å². The van der Waals surface area contributed by atoms with Gasteiger partial charge in [0, 0.05) is 30.8 Å². The monoisotopic (exact) mass is 443 g/mol. The maximum absolute atomic E-state index is 13.0. The van der Waals surface area contributed by atoms with Crippen LogP contribution >= 0.6 is 11.6 Å². The number of ether oxygens (including phenoxy) is 3. The van der Waals surface area contributed by atoms with E-state index < -0.39 is 17.7 Å². The highest BCUT2D eigenvalue weighted by molar-refractivity contribution is 6.46. The van der Waals surface area contributed by atoms with Crippen molar-refractivity contribution in [1.29, 1.82) is 0 Å². The van der Waals surface area contributed by atoms with Gasteiger partial charge in [-0.25, -0.2) is 0 Å². The van der Waals surface area contributed by atoms with Crippen molar-refractivity contribution in [2.24, 2.45) is 0 Å². The van der Waals surface area contributed by atoms with Crippen molar-refractivity contribution in [3.05, 3.63) is 64.2 Å². The second-order valence-corrected chi connectivity index (χ2v) is 7.69. The summed E-state index contributed by atoms with van der Waals surface area (Å²) in [5, 5.41) is 11.6. The molecule has 1 saturated heterocycles. The standard InChI is InChI=1S/C23H22ClNO6/c1-29-9-3-8-25-20(14-4-2-5-16(24)12-14)19(22(27)23(25)28)21(26)15-6-7-17-18(13-15)31-11-10-30-17/h2,4-7,12-13,20,26H,3,8-11H2,1H3/b21-19+/t20-/m0/s1. The fourth-order valence-corrected chi connectivity index (χ4v) is 4.06. The molecule has 162 valence electrons. The molecule has 2 aromatic rings. The molecule has 0 unspecified atom stereocenters. The van der Waals surface area contributed by atoms with Gasteiger partial charge >= 0.3 is 0 Å². The Morgan fingerprint density at radius 2 is 1.94 bits per heavy atom. The Morgan fingerprint density at radius 3 is 2.68 bits per heavy atom. The van der Waals surface area contributed by atoms with Crippen LogP contribution in [0.25, 0.3) is 5.76 Å². The van der Waals surface area contributed by atoms with Gasteiger partial charge < -0.3 is 24.2 Å². The van der Waals surface area contributed by atoms with Crippen molar-refractivity contribution in [3.63, 3.8) is 0 Å². The number of nitrogens with zero attached hydrogens (tertiary/aromatic N) is 1. The fraction of sp³-hybridized carbons (Fsp3) is 0.304. The molecule has 0 spiro atoms. The molecular weight excluding hydrogens is 422 g/mol. The van der Waals surface area contributed by atoms with Crippen molar-refractivity contribution in [2.45, 2.75) is 12.5 Å². The van der Waals surface area contributed by atoms with E-state index in [1.165, 1.54) is 4.90 Å². The molecule has 4 rings (SSSR count). The molecule has 7 nitrogen and oxygen atoms in total. The van der Waals surface area contributed by atoms with Gasteiger partial charge in [-0.1, -0.05) is 23.7 Å². The SMILES string of the molecule is COCCCN1C(=O)C(=O)/C(=C(/O)c2ccc3c(c2)OCCO3)[C@@H]1c1cccc(Cl)c1. The minimum absolute atomic E-state index is 0.0151. The summed E-state index contributed by atoms with van der Waals surface area (Å²) in [4.78, 5) is 27.3. The van der Waals surface area contributed by atoms with Crippen molar-refractivity contribution >= 4 is 29.1 Å². The van der Waals surface area contributed by atoms with E-state index in [-0.39, 0.29) is 11.3 Å². The third-order valence-corrected chi connectivity index (χ3v) is 5.50. The first-order valence-electron chi connectivity index (χ1n) is 9.94. The lowest BCUT2D eigenvalue weighted by atomic mass is 9.95. The van der Waals surface area contributed by atoms with E-state index in [1.807, 2.05) is 0 Å². The number of aliphatic hydroxyl groups excluding tert-OH is 1. The number of carbonyl (C=O) groups is 2. The molecule has 0 bridgehead atoms. The number of methoxy groups -OCH3 is 1. The van der Waals surface area contributed by atoms with Crippen LogP contribution in [-0.2, 0) is 14.3 Å². The molecule has 0 aliphatic carbocycles. The van der Waals surface area contributed by atoms with Crippen LogP contribution < -0.4 is 9.47 Å². The number of rotatable bonds is 6. The second-order valence-electron chi connectivity index (χ2n) is 7.25. The minimum atomic E-state index is -0.760. The first kappa shape index (κ1) is 21.2. The Balaban J connectivity index is 1.81. The lowest BCUT2D eigenvalue weighted by Gasteiger charge is -2.25. The van der Waals surface area contributed by atoms with E-state index in [9.17, 15) is 14.7 Å². The Hall–Kier alpha value is -3.03. The number of benzene rings is 2. The maximum Gasteiger partial charge on any atom is 0.295 e. The van der Waals surface area contributed by atoms with E-state index in [0.29, 0.717) is 60.4 Å². The highest BCUT2D eigenvalue weighted by Gasteiger charge is 2.45. The Labute approximate surface area is 184 Å². The third-order valence-electron chi connectivity index (χ3n) is 5.27. The van der Waals surface area contributed by atoms with Crippen LogP contribution in [0.2, 0.25) is 5.02 Å². The summed E-state index contributed by atoms with van der Waals surface area (Å²) >= 11 is 6.18. The first-order chi connectivity index (χ1) is 15.0. The van der Waals surface area contributed by atoms with Crippen LogP contribution in [0.3, 0.4) is 0 Å². The van der Waals surface area contributed by atoms with Gasteiger partial charge in [0.1, 0.15) is 19.0 Å². The number of hydrogen-bond acceptors (Lipinski definition) is 6. The molecule has 2 heterocycles. The summed E-state index contributed by atoms with van der Waals surface area (Å²) in [7, 11) is 1.57. The Bertz CT molecular complexity index is 1050. The Kier molecular flexibility index (Phi) is 6.15. The van der Waals surface area contributed by atoms with Crippen LogP contribution in [0.5, 0.6) is 11.5 Å². The summed E-state index contributed by atoms with van der Waals surface area (Å²) < 4.78 is 16.2. The largest absolute Gasteiger partial charge is 0.507 e. The molecule has 0 saturated carbocycles. The summed E-state index contributed by atoms with van der Waals surface area (Å²) in [6, 6.07) is 11.1. The van der Waals surface area contributed by atoms with Gasteiger partial charge in [-0.15, -0.1) is 0 Å². The van der Waals surface area contributed by atoms with Crippen molar-refractivity contribution in [3.8, 4) is 11.5 Å².